The molecule has 1 saturated heterocycles. The number of nitrogens with zero attached hydrogens (tertiary/aromatic N) is 1. The Morgan fingerprint density at radius 1 is 1.14 bits per heavy atom. The Morgan fingerprint density at radius 2 is 1.86 bits per heavy atom. The van der Waals surface area contributed by atoms with Crippen LogP contribution in [-0.2, 0) is 0 Å². The van der Waals surface area contributed by atoms with Gasteiger partial charge in [0.1, 0.15) is 0 Å². The predicted octanol–water partition coefficient (Wildman–Crippen LogP) is 3.30. The van der Waals surface area contributed by atoms with E-state index in [0.717, 1.165) is 49.3 Å². The van der Waals surface area contributed by atoms with E-state index in [-0.39, 0.29) is 5.91 Å². The van der Waals surface area contributed by atoms with E-state index in [1.807, 2.05) is 42.3 Å². The Hall–Kier alpha value is -1.87. The summed E-state index contributed by atoms with van der Waals surface area (Å²) in [5.41, 5.74) is 0.812. The number of carbonyl (C=O) groups excluding carboxylic acids is 1. The van der Waals surface area contributed by atoms with Crippen LogP contribution in [0.1, 0.15) is 29.6 Å². The molecule has 1 fully saturated rings. The molecule has 22 heavy (non-hydrogen) atoms. The van der Waals surface area contributed by atoms with Gasteiger partial charge in [-0.2, -0.15) is 0 Å². The van der Waals surface area contributed by atoms with Crippen molar-refractivity contribution >= 4 is 16.7 Å². The first-order chi connectivity index (χ1) is 10.8. The van der Waals surface area contributed by atoms with E-state index in [0.29, 0.717) is 0 Å². The molecule has 116 valence electrons. The van der Waals surface area contributed by atoms with Crippen molar-refractivity contribution in [2.45, 2.75) is 19.3 Å². The summed E-state index contributed by atoms with van der Waals surface area (Å²) < 4.78 is 0. The maximum Gasteiger partial charge on any atom is 0.253 e. The Morgan fingerprint density at radius 3 is 2.59 bits per heavy atom. The van der Waals surface area contributed by atoms with Gasteiger partial charge in [-0.3, -0.25) is 4.79 Å². The maximum absolute atomic E-state index is 12.7. The fraction of sp³-hybridized carbons (Fsp3) is 0.421. The summed E-state index contributed by atoms with van der Waals surface area (Å²) in [5.74, 6) is 0.936. The number of piperidine rings is 1. The molecule has 1 N–H and O–H groups in total. The summed E-state index contributed by atoms with van der Waals surface area (Å²) >= 11 is 0. The first kappa shape index (κ1) is 15.0. The van der Waals surface area contributed by atoms with Gasteiger partial charge in [0, 0.05) is 18.7 Å². The van der Waals surface area contributed by atoms with Crippen molar-refractivity contribution < 1.29 is 4.79 Å². The summed E-state index contributed by atoms with van der Waals surface area (Å²) in [5, 5.41) is 5.53. The molecule has 0 atom stereocenters. The lowest BCUT2D eigenvalue weighted by atomic mass is 9.93. The fourth-order valence-corrected chi connectivity index (χ4v) is 3.28. The number of amides is 1. The van der Waals surface area contributed by atoms with Crippen LogP contribution in [0.3, 0.4) is 0 Å². The highest BCUT2D eigenvalue weighted by Crippen LogP contribution is 2.23. The number of carbonyl (C=O) groups is 1. The zero-order chi connectivity index (χ0) is 15.4. The predicted molar refractivity (Wildman–Crippen MR) is 91.1 cm³/mol. The minimum absolute atomic E-state index is 0.179. The van der Waals surface area contributed by atoms with E-state index in [1.165, 1.54) is 11.8 Å². The largest absolute Gasteiger partial charge is 0.339 e. The van der Waals surface area contributed by atoms with Gasteiger partial charge in [-0.1, -0.05) is 30.3 Å². The van der Waals surface area contributed by atoms with Crippen molar-refractivity contribution in [1.82, 2.24) is 10.2 Å². The monoisotopic (exact) mass is 296 g/mol. The van der Waals surface area contributed by atoms with E-state index in [9.17, 15) is 4.79 Å². The first-order valence-electron chi connectivity index (χ1n) is 8.20. The summed E-state index contributed by atoms with van der Waals surface area (Å²) in [4.78, 5) is 14.7. The molecule has 0 aliphatic carbocycles. The van der Waals surface area contributed by atoms with Gasteiger partial charge in [0.2, 0.25) is 0 Å². The van der Waals surface area contributed by atoms with Gasteiger partial charge in [-0.15, -0.1) is 0 Å². The number of hydrogen-bond acceptors (Lipinski definition) is 2. The third kappa shape index (κ3) is 3.30. The standard InChI is InChI=1S/C19H24N2O/c1-20-11-8-15-9-12-21(13-10-15)19(22)18-7-6-16-4-2-3-5-17(16)14-18/h2-7,14-15,20H,8-13H2,1H3. The topological polar surface area (TPSA) is 32.3 Å². The van der Waals surface area contributed by atoms with E-state index < -0.39 is 0 Å². The van der Waals surface area contributed by atoms with Crippen LogP contribution in [0.5, 0.6) is 0 Å². The molecule has 0 radical (unpaired) electrons. The highest BCUT2D eigenvalue weighted by atomic mass is 16.2. The van der Waals surface area contributed by atoms with Crippen LogP contribution >= 0.6 is 0 Å². The molecule has 1 heterocycles. The molecule has 1 amide bonds. The SMILES string of the molecule is CNCCC1CCN(C(=O)c2ccc3ccccc3c2)CC1. The van der Waals surface area contributed by atoms with Crippen molar-refractivity contribution in [3.63, 3.8) is 0 Å². The number of rotatable bonds is 4. The highest BCUT2D eigenvalue weighted by Gasteiger charge is 2.23. The van der Waals surface area contributed by atoms with E-state index in [1.54, 1.807) is 0 Å². The zero-order valence-corrected chi connectivity index (χ0v) is 13.2. The minimum atomic E-state index is 0.179. The van der Waals surface area contributed by atoms with Gasteiger partial charge < -0.3 is 10.2 Å². The highest BCUT2D eigenvalue weighted by molar-refractivity contribution is 5.98. The number of benzene rings is 2. The van der Waals surface area contributed by atoms with Crippen molar-refractivity contribution in [3.05, 3.63) is 48.0 Å². The van der Waals surface area contributed by atoms with Crippen LogP contribution in [-0.4, -0.2) is 37.5 Å². The lowest BCUT2D eigenvalue weighted by Crippen LogP contribution is -2.38. The number of hydrogen-bond donors (Lipinski definition) is 1. The van der Waals surface area contributed by atoms with Crippen LogP contribution in [0.2, 0.25) is 0 Å². The second-order valence-corrected chi connectivity index (χ2v) is 6.19. The molecule has 1 aliphatic heterocycles. The molecule has 0 bridgehead atoms. The van der Waals surface area contributed by atoms with Crippen LogP contribution in [0.4, 0.5) is 0 Å². The molecular formula is C19H24N2O. The maximum atomic E-state index is 12.7. The molecule has 3 heteroatoms. The second kappa shape index (κ2) is 6.93. The number of nitrogens with one attached hydrogen (secondary N) is 1. The van der Waals surface area contributed by atoms with Gasteiger partial charge in [0.05, 0.1) is 0 Å². The van der Waals surface area contributed by atoms with Crippen LogP contribution in [0.25, 0.3) is 10.8 Å². The van der Waals surface area contributed by atoms with Gasteiger partial charge in [-0.05, 0) is 61.7 Å². The van der Waals surface area contributed by atoms with Gasteiger partial charge >= 0.3 is 0 Å². The summed E-state index contributed by atoms with van der Waals surface area (Å²) in [6.45, 7) is 2.85. The van der Waals surface area contributed by atoms with Crippen molar-refractivity contribution in [2.75, 3.05) is 26.7 Å². The molecule has 2 aromatic rings. The normalized spacial score (nSPS) is 16.1. The first-order valence-corrected chi connectivity index (χ1v) is 8.20. The van der Waals surface area contributed by atoms with Gasteiger partial charge in [0.25, 0.3) is 5.91 Å². The fourth-order valence-electron chi connectivity index (χ4n) is 3.28. The summed E-state index contributed by atoms with van der Waals surface area (Å²) in [7, 11) is 2.00. The molecule has 3 nitrogen and oxygen atoms in total. The average molecular weight is 296 g/mol. The Balaban J connectivity index is 1.66. The second-order valence-electron chi connectivity index (χ2n) is 6.19. The lowest BCUT2D eigenvalue weighted by molar-refractivity contribution is 0.0687. The molecular weight excluding hydrogens is 272 g/mol. The van der Waals surface area contributed by atoms with Gasteiger partial charge in [-0.25, -0.2) is 0 Å². The molecule has 0 saturated carbocycles. The van der Waals surface area contributed by atoms with Gasteiger partial charge in [0.15, 0.2) is 0 Å². The van der Waals surface area contributed by atoms with E-state index >= 15 is 0 Å². The Bertz CT molecular complexity index is 645. The smallest absolute Gasteiger partial charge is 0.253 e. The van der Waals surface area contributed by atoms with Crippen LogP contribution < -0.4 is 5.32 Å². The van der Waals surface area contributed by atoms with E-state index in [2.05, 4.69) is 17.4 Å². The molecule has 0 aromatic heterocycles. The van der Waals surface area contributed by atoms with Crippen molar-refractivity contribution in [1.29, 1.82) is 0 Å². The molecule has 2 aromatic carbocycles. The molecule has 1 aliphatic rings. The van der Waals surface area contributed by atoms with Crippen molar-refractivity contribution in [2.24, 2.45) is 5.92 Å². The lowest BCUT2D eigenvalue weighted by Gasteiger charge is -2.32. The van der Waals surface area contributed by atoms with E-state index in [4.69, 9.17) is 0 Å². The van der Waals surface area contributed by atoms with Crippen molar-refractivity contribution in [3.8, 4) is 0 Å². The molecule has 3 rings (SSSR count). The molecule has 0 spiro atoms. The minimum Gasteiger partial charge on any atom is -0.339 e. The summed E-state index contributed by atoms with van der Waals surface area (Å²) in [6.07, 6.45) is 3.47. The number of fused-ring (bicyclic) bond motifs is 1. The summed E-state index contributed by atoms with van der Waals surface area (Å²) in [6, 6.07) is 14.2. The van der Waals surface area contributed by atoms with Crippen LogP contribution in [0, 0.1) is 5.92 Å². The Labute approximate surface area is 132 Å². The van der Waals surface area contributed by atoms with Crippen LogP contribution in [0.15, 0.2) is 42.5 Å². The third-order valence-corrected chi connectivity index (χ3v) is 4.70. The Kier molecular flexibility index (Phi) is 4.74. The molecule has 0 unspecified atom stereocenters. The number of likely N-dealkylation sites (tertiary alicyclic amines) is 1. The zero-order valence-electron chi connectivity index (χ0n) is 13.2. The quantitative estimate of drug-likeness (QED) is 0.939. The third-order valence-electron chi connectivity index (χ3n) is 4.70. The average Bonchev–Trinajstić information content (AvgIpc) is 2.59.